The van der Waals surface area contributed by atoms with E-state index in [0.717, 1.165) is 9.87 Å². The first-order chi connectivity index (χ1) is 14.4. The lowest BCUT2D eigenvalue weighted by atomic mass is 9.86. The number of nitrogens with zero attached hydrogens (tertiary/aromatic N) is 1. The van der Waals surface area contributed by atoms with E-state index in [1.165, 1.54) is 32.8 Å². The number of methoxy groups -OCH3 is 1. The van der Waals surface area contributed by atoms with Gasteiger partial charge in [0, 0.05) is 20.5 Å². The third-order valence-corrected chi connectivity index (χ3v) is 7.12. The molecule has 1 atom stereocenters. The quantitative estimate of drug-likeness (QED) is 0.664. The largest absolute Gasteiger partial charge is 0.496 e. The topological polar surface area (TPSA) is 75.7 Å². The minimum absolute atomic E-state index is 0.0820. The van der Waals surface area contributed by atoms with E-state index in [1.54, 1.807) is 12.1 Å². The van der Waals surface area contributed by atoms with Gasteiger partial charge in [0.15, 0.2) is 0 Å². The summed E-state index contributed by atoms with van der Waals surface area (Å²) in [7, 11) is 0.952. The van der Waals surface area contributed by atoms with Crippen molar-refractivity contribution < 1.29 is 17.9 Å². The van der Waals surface area contributed by atoms with E-state index in [1.807, 2.05) is 19.1 Å². The molecule has 1 amide bonds. The van der Waals surface area contributed by atoms with E-state index in [4.69, 9.17) is 4.74 Å². The molecule has 170 valence electrons. The summed E-state index contributed by atoms with van der Waals surface area (Å²) >= 11 is 0. The number of aryl methyl sites for hydroxylation is 1. The first-order valence-electron chi connectivity index (χ1n) is 10.4. The Hall–Kier alpha value is -2.38. The molecule has 0 fully saturated rings. The second-order valence-electron chi connectivity index (χ2n) is 8.92. The number of nitrogens with one attached hydrogen (secondary N) is 1. The van der Waals surface area contributed by atoms with Crippen LogP contribution in [0.25, 0.3) is 0 Å². The average Bonchev–Trinajstić information content (AvgIpc) is 2.71. The maximum atomic E-state index is 12.5. The van der Waals surface area contributed by atoms with E-state index in [0.29, 0.717) is 17.7 Å². The van der Waals surface area contributed by atoms with Crippen molar-refractivity contribution in [1.82, 2.24) is 9.62 Å². The number of rotatable bonds is 8. The molecular weight excluding hydrogens is 412 g/mol. The Morgan fingerprint density at radius 1 is 1.10 bits per heavy atom. The molecule has 0 aromatic heterocycles. The van der Waals surface area contributed by atoms with Crippen LogP contribution in [-0.2, 0) is 26.7 Å². The number of benzene rings is 2. The number of hydrogen-bond acceptors (Lipinski definition) is 4. The van der Waals surface area contributed by atoms with Crippen LogP contribution in [0, 0.1) is 0 Å². The minimum Gasteiger partial charge on any atom is -0.496 e. The van der Waals surface area contributed by atoms with Crippen molar-refractivity contribution in [2.24, 2.45) is 0 Å². The Labute approximate surface area is 186 Å². The average molecular weight is 447 g/mol. The Bertz CT molecular complexity index is 1010. The zero-order valence-corrected chi connectivity index (χ0v) is 20.3. The second-order valence-corrected chi connectivity index (χ2v) is 11.1. The highest BCUT2D eigenvalue weighted by Crippen LogP contribution is 2.26. The number of carbonyl (C=O) groups is 1. The summed E-state index contributed by atoms with van der Waals surface area (Å²) in [4.78, 5) is 12.7. The number of carbonyl (C=O) groups excluding carboxylic acids is 1. The van der Waals surface area contributed by atoms with E-state index in [2.05, 4.69) is 38.2 Å². The molecule has 2 aromatic carbocycles. The second kappa shape index (κ2) is 9.83. The van der Waals surface area contributed by atoms with Crippen LogP contribution in [0.5, 0.6) is 5.75 Å². The van der Waals surface area contributed by atoms with Crippen molar-refractivity contribution in [1.29, 1.82) is 0 Å². The lowest BCUT2D eigenvalue weighted by Gasteiger charge is -2.21. The van der Waals surface area contributed by atoms with Gasteiger partial charge >= 0.3 is 0 Å². The number of hydrogen-bond donors (Lipinski definition) is 1. The molecule has 2 rings (SSSR count). The molecule has 2 aromatic rings. The Kier molecular flexibility index (Phi) is 7.89. The van der Waals surface area contributed by atoms with Crippen molar-refractivity contribution in [3.8, 4) is 5.75 Å². The minimum atomic E-state index is -3.55. The maximum Gasteiger partial charge on any atom is 0.242 e. The predicted octanol–water partition coefficient (Wildman–Crippen LogP) is 4.05. The summed E-state index contributed by atoms with van der Waals surface area (Å²) in [5.74, 6) is 0.464. The van der Waals surface area contributed by atoms with Crippen LogP contribution < -0.4 is 10.1 Å². The van der Waals surface area contributed by atoms with Crippen LogP contribution in [0.2, 0.25) is 0 Å². The van der Waals surface area contributed by atoms with Gasteiger partial charge in [-0.05, 0) is 53.6 Å². The summed E-state index contributed by atoms with van der Waals surface area (Å²) in [6.07, 6.45) is 0.605. The lowest BCUT2D eigenvalue weighted by Crippen LogP contribution is -2.27. The smallest absolute Gasteiger partial charge is 0.242 e. The zero-order valence-electron chi connectivity index (χ0n) is 19.5. The highest BCUT2D eigenvalue weighted by Gasteiger charge is 2.20. The van der Waals surface area contributed by atoms with Crippen LogP contribution in [0.15, 0.2) is 47.4 Å². The third-order valence-electron chi connectivity index (χ3n) is 5.31. The van der Waals surface area contributed by atoms with Crippen LogP contribution >= 0.6 is 0 Å². The predicted molar refractivity (Wildman–Crippen MR) is 124 cm³/mol. The SMILES string of the molecule is COc1ccc(S(=O)(=O)N(C)C)cc1CCC(=O)N[C@H](C)c1ccc(C(C)(C)C)cc1. The van der Waals surface area contributed by atoms with E-state index < -0.39 is 10.0 Å². The number of sulfonamides is 1. The van der Waals surface area contributed by atoms with Crippen molar-refractivity contribution in [3.63, 3.8) is 0 Å². The molecule has 1 N–H and O–H groups in total. The zero-order chi connectivity index (χ0) is 23.4. The fourth-order valence-corrected chi connectivity index (χ4v) is 4.19. The monoisotopic (exact) mass is 446 g/mol. The highest BCUT2D eigenvalue weighted by molar-refractivity contribution is 7.89. The van der Waals surface area contributed by atoms with Gasteiger partial charge in [-0.25, -0.2) is 12.7 Å². The summed E-state index contributed by atoms with van der Waals surface area (Å²) in [5, 5.41) is 3.02. The Morgan fingerprint density at radius 3 is 2.23 bits per heavy atom. The Balaban J connectivity index is 2.06. The Morgan fingerprint density at radius 2 is 1.71 bits per heavy atom. The van der Waals surface area contributed by atoms with Crippen LogP contribution in [0.4, 0.5) is 0 Å². The molecule has 0 aliphatic carbocycles. The summed E-state index contributed by atoms with van der Waals surface area (Å²) in [6, 6.07) is 12.9. The van der Waals surface area contributed by atoms with Gasteiger partial charge in [0.2, 0.25) is 15.9 Å². The van der Waals surface area contributed by atoms with Gasteiger partial charge < -0.3 is 10.1 Å². The van der Waals surface area contributed by atoms with Gasteiger partial charge in [0.1, 0.15) is 5.75 Å². The van der Waals surface area contributed by atoms with Crippen LogP contribution in [-0.4, -0.2) is 39.8 Å². The molecule has 0 bridgehead atoms. The lowest BCUT2D eigenvalue weighted by molar-refractivity contribution is -0.121. The molecule has 6 nitrogen and oxygen atoms in total. The summed E-state index contributed by atoms with van der Waals surface area (Å²) in [6.45, 7) is 8.45. The van der Waals surface area contributed by atoms with Gasteiger partial charge in [0.25, 0.3) is 0 Å². The summed E-state index contributed by atoms with van der Waals surface area (Å²) < 4.78 is 31.4. The van der Waals surface area contributed by atoms with Crippen LogP contribution in [0.1, 0.15) is 56.8 Å². The third kappa shape index (κ3) is 6.31. The fourth-order valence-electron chi connectivity index (χ4n) is 3.24. The molecule has 0 saturated heterocycles. The summed E-state index contributed by atoms with van der Waals surface area (Å²) in [5.41, 5.74) is 3.05. The highest BCUT2D eigenvalue weighted by atomic mass is 32.2. The van der Waals surface area contributed by atoms with E-state index >= 15 is 0 Å². The number of ether oxygens (including phenoxy) is 1. The number of amides is 1. The van der Waals surface area contributed by atoms with Gasteiger partial charge in [-0.2, -0.15) is 0 Å². The standard InChI is InChI=1S/C24H34N2O4S/c1-17(18-8-11-20(12-9-18)24(2,3)4)25-23(27)15-10-19-16-21(13-14-22(19)30-7)31(28,29)26(5)6/h8-9,11-14,16-17H,10,15H2,1-7H3,(H,25,27)/t17-/m1/s1. The molecule has 7 heteroatoms. The van der Waals surface area contributed by atoms with Crippen molar-refractivity contribution in [3.05, 3.63) is 59.2 Å². The first kappa shape index (κ1) is 24.9. The first-order valence-corrected chi connectivity index (χ1v) is 11.8. The molecule has 31 heavy (non-hydrogen) atoms. The molecule has 0 saturated carbocycles. The van der Waals surface area contributed by atoms with E-state index in [-0.39, 0.29) is 28.7 Å². The van der Waals surface area contributed by atoms with Crippen molar-refractivity contribution in [2.45, 2.75) is 56.9 Å². The van der Waals surface area contributed by atoms with Gasteiger partial charge in [-0.15, -0.1) is 0 Å². The molecule has 0 unspecified atom stereocenters. The van der Waals surface area contributed by atoms with Crippen molar-refractivity contribution >= 4 is 15.9 Å². The maximum absolute atomic E-state index is 12.5. The van der Waals surface area contributed by atoms with Gasteiger partial charge in [0.05, 0.1) is 18.0 Å². The molecule has 0 aliphatic rings. The van der Waals surface area contributed by atoms with Gasteiger partial charge in [-0.3, -0.25) is 4.79 Å². The molecule has 0 spiro atoms. The molecular formula is C24H34N2O4S. The van der Waals surface area contributed by atoms with E-state index in [9.17, 15) is 13.2 Å². The van der Waals surface area contributed by atoms with Gasteiger partial charge in [-0.1, -0.05) is 45.0 Å². The van der Waals surface area contributed by atoms with Crippen LogP contribution in [0.3, 0.4) is 0 Å². The van der Waals surface area contributed by atoms with Crippen molar-refractivity contribution in [2.75, 3.05) is 21.2 Å². The molecule has 0 aliphatic heterocycles. The fraction of sp³-hybridized carbons (Fsp3) is 0.458. The molecule has 0 heterocycles. The molecule has 0 radical (unpaired) electrons. The normalized spacial score (nSPS) is 13.2.